The number of nitrogens with zero attached hydrogens (tertiary/aromatic N) is 3. The van der Waals surface area contributed by atoms with Crippen LogP contribution in [-0.4, -0.2) is 5.91 Å². The fraction of sp³-hybridized carbons (Fsp3) is 0.0714. The monoisotopic (exact) mass is 252 g/mol. The average molecular weight is 252 g/mol. The van der Waals surface area contributed by atoms with E-state index in [2.05, 4.69) is 10.0 Å². The quantitative estimate of drug-likeness (QED) is 0.504. The second-order valence-electron chi connectivity index (χ2n) is 3.96. The summed E-state index contributed by atoms with van der Waals surface area (Å²) in [5.41, 5.74) is 16.5. The molecule has 0 spiro atoms. The van der Waals surface area contributed by atoms with Crippen LogP contribution in [0.1, 0.15) is 15.9 Å². The first-order valence-electron chi connectivity index (χ1n) is 5.72. The zero-order chi connectivity index (χ0) is 13.7. The smallest absolute Gasteiger partial charge is 0.249 e. The molecular weight excluding hydrogens is 240 g/mol. The number of nitrogens with two attached hydrogens (primary N) is 1. The van der Waals surface area contributed by atoms with Gasteiger partial charge in [-0.1, -0.05) is 53.6 Å². The highest BCUT2D eigenvalue weighted by atomic mass is 16.1. The Morgan fingerprint density at radius 2 is 1.89 bits per heavy atom. The topological polar surface area (TPSA) is 91.8 Å². The molecule has 2 rings (SSSR count). The Balaban J connectivity index is 2.61. The van der Waals surface area contributed by atoms with Gasteiger partial charge in [0, 0.05) is 4.91 Å². The minimum absolute atomic E-state index is 0.107. The third-order valence-electron chi connectivity index (χ3n) is 2.79. The van der Waals surface area contributed by atoms with Crippen molar-refractivity contribution in [1.29, 1.82) is 0 Å². The van der Waals surface area contributed by atoms with Gasteiger partial charge in [0.05, 0.1) is 12.1 Å². The molecule has 19 heavy (non-hydrogen) atoms. The van der Waals surface area contributed by atoms with Gasteiger partial charge in [0.25, 0.3) is 0 Å². The van der Waals surface area contributed by atoms with Crippen LogP contribution < -0.4 is 5.73 Å². The van der Waals surface area contributed by atoms with Crippen molar-refractivity contribution >= 4 is 5.91 Å². The average Bonchev–Trinajstić information content (AvgIpc) is 2.45. The molecule has 2 aromatic rings. The highest BCUT2D eigenvalue weighted by Crippen LogP contribution is 2.26. The number of carbonyl (C=O) groups excluding carboxylic acids is 1. The van der Waals surface area contributed by atoms with Gasteiger partial charge in [-0.2, -0.15) is 0 Å². The molecule has 2 N–H and O–H groups in total. The first-order valence-corrected chi connectivity index (χ1v) is 5.72. The fourth-order valence-corrected chi connectivity index (χ4v) is 1.99. The zero-order valence-corrected chi connectivity index (χ0v) is 10.2. The van der Waals surface area contributed by atoms with Gasteiger partial charge in [-0.25, -0.2) is 0 Å². The van der Waals surface area contributed by atoms with Crippen molar-refractivity contribution in [3.63, 3.8) is 0 Å². The molecule has 0 atom stereocenters. The van der Waals surface area contributed by atoms with Crippen molar-refractivity contribution in [2.75, 3.05) is 0 Å². The summed E-state index contributed by atoms with van der Waals surface area (Å²) in [4.78, 5) is 14.4. The summed E-state index contributed by atoms with van der Waals surface area (Å²) in [5.74, 6) is -0.525. The summed E-state index contributed by atoms with van der Waals surface area (Å²) in [6, 6.07) is 14.9. The van der Waals surface area contributed by atoms with Crippen LogP contribution in [0.25, 0.3) is 21.6 Å². The molecule has 0 saturated carbocycles. The van der Waals surface area contributed by atoms with Crippen molar-refractivity contribution in [2.24, 2.45) is 10.8 Å². The molecule has 94 valence electrons. The lowest BCUT2D eigenvalue weighted by atomic mass is 9.95. The number of carbonyl (C=O) groups is 1. The molecule has 0 aliphatic carbocycles. The lowest BCUT2D eigenvalue weighted by molar-refractivity contribution is 0.1000. The van der Waals surface area contributed by atoms with Crippen LogP contribution in [0.5, 0.6) is 0 Å². The third-order valence-corrected chi connectivity index (χ3v) is 2.79. The number of primary amides is 1. The molecule has 2 aromatic carbocycles. The first kappa shape index (κ1) is 12.7. The van der Waals surface area contributed by atoms with Crippen LogP contribution in [0.4, 0.5) is 0 Å². The number of rotatable bonds is 4. The van der Waals surface area contributed by atoms with Crippen LogP contribution in [0.3, 0.4) is 0 Å². The second-order valence-corrected chi connectivity index (χ2v) is 3.96. The van der Waals surface area contributed by atoms with Gasteiger partial charge in [0.15, 0.2) is 0 Å². The summed E-state index contributed by atoms with van der Waals surface area (Å²) < 4.78 is 0. The summed E-state index contributed by atoms with van der Waals surface area (Å²) in [5, 5.41) is 3.49. The molecule has 1 amide bonds. The molecule has 0 unspecified atom stereocenters. The van der Waals surface area contributed by atoms with Gasteiger partial charge in [0.2, 0.25) is 5.91 Å². The molecule has 0 fully saturated rings. The summed E-state index contributed by atoms with van der Waals surface area (Å²) >= 11 is 0. The Morgan fingerprint density at radius 1 is 1.16 bits per heavy atom. The fourth-order valence-electron chi connectivity index (χ4n) is 1.99. The van der Waals surface area contributed by atoms with Crippen LogP contribution in [-0.2, 0) is 6.54 Å². The lowest BCUT2D eigenvalue weighted by Gasteiger charge is -2.11. The lowest BCUT2D eigenvalue weighted by Crippen LogP contribution is -2.15. The minimum Gasteiger partial charge on any atom is -0.366 e. The molecule has 5 heteroatoms. The van der Waals surface area contributed by atoms with Gasteiger partial charge < -0.3 is 5.73 Å². The maximum Gasteiger partial charge on any atom is 0.249 e. The minimum atomic E-state index is -0.525. The molecule has 0 aliphatic rings. The van der Waals surface area contributed by atoms with Gasteiger partial charge in [0.1, 0.15) is 0 Å². The van der Waals surface area contributed by atoms with Crippen molar-refractivity contribution in [3.8, 4) is 11.1 Å². The molecule has 0 saturated heterocycles. The van der Waals surface area contributed by atoms with Crippen molar-refractivity contribution in [2.45, 2.75) is 6.54 Å². The number of azide groups is 1. The maximum atomic E-state index is 11.7. The first-order chi connectivity index (χ1) is 9.24. The summed E-state index contributed by atoms with van der Waals surface area (Å²) in [6.07, 6.45) is 0. The summed E-state index contributed by atoms with van der Waals surface area (Å²) in [7, 11) is 0. The Morgan fingerprint density at radius 3 is 2.53 bits per heavy atom. The molecule has 0 heterocycles. The van der Waals surface area contributed by atoms with Crippen molar-refractivity contribution in [1.82, 2.24) is 0 Å². The highest BCUT2D eigenvalue weighted by molar-refractivity contribution is 6.01. The number of benzene rings is 2. The normalized spacial score (nSPS) is 9.68. The number of amides is 1. The van der Waals surface area contributed by atoms with Crippen LogP contribution in [0, 0.1) is 0 Å². The van der Waals surface area contributed by atoms with E-state index < -0.39 is 5.91 Å². The summed E-state index contributed by atoms with van der Waals surface area (Å²) in [6.45, 7) is 0.107. The van der Waals surface area contributed by atoms with Crippen molar-refractivity contribution in [3.05, 3.63) is 70.1 Å². The van der Waals surface area contributed by atoms with E-state index in [4.69, 9.17) is 11.3 Å². The SMILES string of the molecule is [N-]=[N+]=NCc1cccc(-c2ccccc2)c1C(N)=O. The number of hydrogen-bond donors (Lipinski definition) is 1. The largest absolute Gasteiger partial charge is 0.366 e. The molecule has 0 aliphatic heterocycles. The molecule has 5 nitrogen and oxygen atoms in total. The molecule has 0 radical (unpaired) electrons. The molecule has 0 bridgehead atoms. The van der Waals surface area contributed by atoms with Crippen molar-refractivity contribution < 1.29 is 4.79 Å². The third kappa shape index (κ3) is 2.73. The molecule has 0 aromatic heterocycles. The predicted molar refractivity (Wildman–Crippen MR) is 73.2 cm³/mol. The van der Waals surface area contributed by atoms with E-state index in [9.17, 15) is 4.79 Å². The van der Waals surface area contributed by atoms with Crippen LogP contribution in [0.2, 0.25) is 0 Å². The van der Waals surface area contributed by atoms with E-state index in [0.717, 1.165) is 11.1 Å². The van der Waals surface area contributed by atoms with E-state index in [-0.39, 0.29) is 6.54 Å². The van der Waals surface area contributed by atoms with Crippen LogP contribution in [0.15, 0.2) is 53.6 Å². The Kier molecular flexibility index (Phi) is 3.81. The van der Waals surface area contributed by atoms with Crippen LogP contribution >= 0.6 is 0 Å². The van der Waals surface area contributed by atoms with E-state index in [0.29, 0.717) is 11.1 Å². The second kappa shape index (κ2) is 5.71. The number of hydrogen-bond acceptors (Lipinski definition) is 2. The predicted octanol–water partition coefficient (Wildman–Crippen LogP) is 3.26. The van der Waals surface area contributed by atoms with E-state index in [1.165, 1.54) is 0 Å². The van der Waals surface area contributed by atoms with Gasteiger partial charge in [-0.15, -0.1) is 0 Å². The van der Waals surface area contributed by atoms with Gasteiger partial charge in [-0.05, 0) is 22.2 Å². The van der Waals surface area contributed by atoms with E-state index in [1.54, 1.807) is 6.07 Å². The van der Waals surface area contributed by atoms with Gasteiger partial charge >= 0.3 is 0 Å². The Labute approximate surface area is 110 Å². The van der Waals surface area contributed by atoms with E-state index in [1.807, 2.05) is 42.5 Å². The Hall–Kier alpha value is -2.78. The molecular formula is C14H12N4O. The highest BCUT2D eigenvalue weighted by Gasteiger charge is 2.14. The zero-order valence-electron chi connectivity index (χ0n) is 10.2. The standard InChI is InChI=1S/C14H12N4O/c15-14(19)13-11(9-17-18-16)7-4-8-12(13)10-5-2-1-3-6-10/h1-8H,9H2,(H2,15,19). The Bertz CT molecular complexity index is 646. The maximum absolute atomic E-state index is 11.7. The van der Waals surface area contributed by atoms with E-state index >= 15 is 0 Å². The van der Waals surface area contributed by atoms with Gasteiger partial charge in [-0.3, -0.25) is 4.79 Å².